The third kappa shape index (κ3) is 3.71. The van der Waals surface area contributed by atoms with Crippen molar-refractivity contribution in [3.63, 3.8) is 0 Å². The predicted octanol–water partition coefficient (Wildman–Crippen LogP) is 3.51. The molecule has 0 saturated heterocycles. The van der Waals surface area contributed by atoms with Gasteiger partial charge >= 0.3 is 12.1 Å². The predicted molar refractivity (Wildman–Crippen MR) is 105 cm³/mol. The maximum absolute atomic E-state index is 12.2. The largest absolute Gasteiger partial charge is 0.480 e. The number of carboxylic acid groups (broad SMARTS) is 1. The topological polar surface area (TPSA) is 80.6 Å². The number of aromatic nitrogens is 1. The lowest BCUT2D eigenvalue weighted by Gasteiger charge is -2.24. The van der Waals surface area contributed by atoms with Crippen molar-refractivity contribution in [1.82, 2.24) is 9.88 Å². The van der Waals surface area contributed by atoms with E-state index in [0.29, 0.717) is 6.42 Å². The highest BCUT2D eigenvalue weighted by molar-refractivity contribution is 5.87. The number of ether oxygens (including phenoxy) is 1. The molecule has 0 saturated carbocycles. The first-order chi connectivity index (χ1) is 13.6. The molecule has 0 aliphatic heterocycles. The maximum Gasteiger partial charge on any atom is 0.407 e. The number of rotatable bonds is 5. The number of carbonyl (C=O) groups excluding carboxylic acids is 1. The molecule has 4 rings (SSSR count). The Hall–Kier alpha value is -3.28. The maximum atomic E-state index is 12.2. The van der Waals surface area contributed by atoms with Gasteiger partial charge in [0, 0.05) is 22.6 Å². The Labute approximate surface area is 162 Å². The van der Waals surface area contributed by atoms with Crippen molar-refractivity contribution in [1.29, 1.82) is 0 Å². The summed E-state index contributed by atoms with van der Waals surface area (Å²) in [5.41, 5.74) is 4.05. The van der Waals surface area contributed by atoms with Crippen LogP contribution in [0.3, 0.4) is 0 Å². The van der Waals surface area contributed by atoms with Gasteiger partial charge < -0.3 is 19.7 Å². The van der Waals surface area contributed by atoms with Gasteiger partial charge in [-0.1, -0.05) is 48.5 Å². The SMILES string of the molecule is O=C(O)Cn1c2c(c3ccccc31)CC(NC(=O)OCc1ccccc1)CC2. The van der Waals surface area contributed by atoms with Crippen LogP contribution in [0, 0.1) is 0 Å². The molecule has 1 atom stereocenters. The number of benzene rings is 2. The molecule has 6 nitrogen and oxygen atoms in total. The van der Waals surface area contributed by atoms with Crippen molar-refractivity contribution < 1.29 is 19.4 Å². The van der Waals surface area contributed by atoms with E-state index in [2.05, 4.69) is 5.32 Å². The molecule has 1 heterocycles. The van der Waals surface area contributed by atoms with Crippen LogP contribution in [-0.4, -0.2) is 27.8 Å². The minimum Gasteiger partial charge on any atom is -0.480 e. The molecule has 0 spiro atoms. The van der Waals surface area contributed by atoms with E-state index >= 15 is 0 Å². The Kier molecular flexibility index (Phi) is 5.02. The summed E-state index contributed by atoms with van der Waals surface area (Å²) in [7, 11) is 0. The van der Waals surface area contributed by atoms with E-state index in [-0.39, 0.29) is 19.2 Å². The van der Waals surface area contributed by atoms with Crippen LogP contribution in [0.5, 0.6) is 0 Å². The first kappa shape index (κ1) is 18.1. The summed E-state index contributed by atoms with van der Waals surface area (Å²) in [5, 5.41) is 13.3. The molecule has 1 unspecified atom stereocenters. The Morgan fingerprint density at radius 2 is 1.86 bits per heavy atom. The third-order valence-corrected chi connectivity index (χ3v) is 5.20. The van der Waals surface area contributed by atoms with Crippen LogP contribution < -0.4 is 5.32 Å². The Balaban J connectivity index is 1.47. The van der Waals surface area contributed by atoms with Gasteiger partial charge in [0.25, 0.3) is 0 Å². The summed E-state index contributed by atoms with van der Waals surface area (Å²) in [4.78, 5) is 23.5. The van der Waals surface area contributed by atoms with Crippen LogP contribution in [0.1, 0.15) is 23.2 Å². The van der Waals surface area contributed by atoms with Crippen LogP contribution in [0.15, 0.2) is 54.6 Å². The first-order valence-electron chi connectivity index (χ1n) is 9.40. The number of hydrogen-bond acceptors (Lipinski definition) is 3. The van der Waals surface area contributed by atoms with Gasteiger partial charge in [-0.05, 0) is 36.5 Å². The van der Waals surface area contributed by atoms with E-state index in [9.17, 15) is 14.7 Å². The number of amides is 1. The van der Waals surface area contributed by atoms with Gasteiger partial charge in [0.15, 0.2) is 0 Å². The van der Waals surface area contributed by atoms with Crippen molar-refractivity contribution in [3.8, 4) is 0 Å². The average Bonchev–Trinajstić information content (AvgIpc) is 3.00. The monoisotopic (exact) mass is 378 g/mol. The molecule has 2 aromatic carbocycles. The lowest BCUT2D eigenvalue weighted by atomic mass is 9.91. The Morgan fingerprint density at radius 3 is 2.64 bits per heavy atom. The van der Waals surface area contributed by atoms with Gasteiger partial charge in [-0.25, -0.2) is 4.79 Å². The number of para-hydroxylation sites is 1. The molecule has 0 bridgehead atoms. The summed E-state index contributed by atoms with van der Waals surface area (Å²) in [6.45, 7) is 0.190. The summed E-state index contributed by atoms with van der Waals surface area (Å²) in [6, 6.07) is 17.4. The third-order valence-electron chi connectivity index (χ3n) is 5.20. The van der Waals surface area contributed by atoms with E-state index in [0.717, 1.165) is 40.6 Å². The minimum atomic E-state index is -0.853. The molecule has 1 aliphatic rings. The second-order valence-corrected chi connectivity index (χ2v) is 7.07. The van der Waals surface area contributed by atoms with Crippen molar-refractivity contribution in [2.75, 3.05) is 0 Å². The van der Waals surface area contributed by atoms with Crippen molar-refractivity contribution in [2.45, 2.75) is 38.5 Å². The molecular formula is C22H22N2O4. The normalized spacial score (nSPS) is 15.8. The Bertz CT molecular complexity index is 1010. The van der Waals surface area contributed by atoms with Crippen LogP contribution in [0.4, 0.5) is 4.79 Å². The molecule has 1 amide bonds. The molecule has 2 N–H and O–H groups in total. The van der Waals surface area contributed by atoms with E-state index < -0.39 is 12.1 Å². The van der Waals surface area contributed by atoms with Gasteiger partial charge in [-0.3, -0.25) is 4.79 Å². The zero-order valence-electron chi connectivity index (χ0n) is 15.4. The molecule has 0 fully saturated rings. The highest BCUT2D eigenvalue weighted by Gasteiger charge is 2.27. The number of alkyl carbamates (subject to hydrolysis) is 1. The lowest BCUT2D eigenvalue weighted by molar-refractivity contribution is -0.137. The smallest absolute Gasteiger partial charge is 0.407 e. The van der Waals surface area contributed by atoms with Crippen molar-refractivity contribution in [2.24, 2.45) is 0 Å². The zero-order valence-corrected chi connectivity index (χ0v) is 15.4. The van der Waals surface area contributed by atoms with E-state index in [1.54, 1.807) is 0 Å². The second-order valence-electron chi connectivity index (χ2n) is 7.07. The molecule has 0 radical (unpaired) electrons. The minimum absolute atomic E-state index is 0.0279. The zero-order chi connectivity index (χ0) is 19.5. The number of nitrogens with one attached hydrogen (secondary N) is 1. The molecule has 28 heavy (non-hydrogen) atoms. The van der Waals surface area contributed by atoms with E-state index in [1.807, 2.05) is 59.2 Å². The molecule has 6 heteroatoms. The van der Waals surface area contributed by atoms with Gasteiger partial charge in [0.05, 0.1) is 0 Å². The van der Waals surface area contributed by atoms with Crippen LogP contribution in [0.2, 0.25) is 0 Å². The van der Waals surface area contributed by atoms with Gasteiger partial charge in [0.1, 0.15) is 13.2 Å². The van der Waals surface area contributed by atoms with Gasteiger partial charge in [-0.15, -0.1) is 0 Å². The summed E-state index contributed by atoms with van der Waals surface area (Å²) in [6.07, 6.45) is 1.72. The highest BCUT2D eigenvalue weighted by Crippen LogP contribution is 2.32. The van der Waals surface area contributed by atoms with Gasteiger partial charge in [-0.2, -0.15) is 0 Å². The van der Waals surface area contributed by atoms with E-state index in [4.69, 9.17) is 4.74 Å². The fourth-order valence-electron chi connectivity index (χ4n) is 3.97. The number of carboxylic acids is 1. The number of nitrogens with zero attached hydrogens (tertiary/aromatic N) is 1. The quantitative estimate of drug-likeness (QED) is 0.712. The van der Waals surface area contributed by atoms with Crippen LogP contribution in [-0.2, 0) is 35.5 Å². The summed E-state index contributed by atoms with van der Waals surface area (Å²) < 4.78 is 7.22. The first-order valence-corrected chi connectivity index (χ1v) is 9.40. The number of hydrogen-bond donors (Lipinski definition) is 2. The molecule has 1 aliphatic carbocycles. The van der Waals surface area contributed by atoms with Crippen molar-refractivity contribution in [3.05, 3.63) is 71.4 Å². The average molecular weight is 378 g/mol. The Morgan fingerprint density at radius 1 is 1.11 bits per heavy atom. The fourth-order valence-corrected chi connectivity index (χ4v) is 3.97. The van der Waals surface area contributed by atoms with E-state index in [1.165, 1.54) is 0 Å². The summed E-state index contributed by atoms with van der Waals surface area (Å²) in [5.74, 6) is -0.853. The van der Waals surface area contributed by atoms with Gasteiger partial charge in [0.2, 0.25) is 0 Å². The lowest BCUT2D eigenvalue weighted by Crippen LogP contribution is -2.39. The highest BCUT2D eigenvalue weighted by atomic mass is 16.5. The fraction of sp³-hybridized carbons (Fsp3) is 0.273. The number of carbonyl (C=O) groups is 2. The number of fused-ring (bicyclic) bond motifs is 3. The summed E-state index contributed by atoms with van der Waals surface area (Å²) >= 11 is 0. The molecule has 3 aromatic rings. The molecule has 1 aromatic heterocycles. The molecule has 144 valence electrons. The number of aliphatic carboxylic acids is 1. The molecular weight excluding hydrogens is 356 g/mol. The van der Waals surface area contributed by atoms with Crippen molar-refractivity contribution >= 4 is 23.0 Å². The second kappa shape index (κ2) is 7.76. The standard InChI is InChI=1S/C22H22N2O4/c25-21(26)13-24-19-9-5-4-8-17(19)18-12-16(10-11-20(18)24)23-22(27)28-14-15-6-2-1-3-7-15/h1-9,16H,10-14H2,(H,23,27)(H,25,26). The van der Waals surface area contributed by atoms with Crippen LogP contribution >= 0.6 is 0 Å². The van der Waals surface area contributed by atoms with Crippen LogP contribution in [0.25, 0.3) is 10.9 Å².